The van der Waals surface area contributed by atoms with Gasteiger partial charge in [0.2, 0.25) is 23.7 Å². The van der Waals surface area contributed by atoms with Gasteiger partial charge in [0, 0.05) is 44.9 Å². The van der Waals surface area contributed by atoms with Gasteiger partial charge in [0.15, 0.2) is 5.65 Å². The van der Waals surface area contributed by atoms with Crippen molar-refractivity contribution in [2.45, 2.75) is 46.3 Å². The lowest BCUT2D eigenvalue weighted by molar-refractivity contribution is -0.140. The highest BCUT2D eigenvalue weighted by Crippen LogP contribution is 2.31. The number of imidazole rings is 2. The van der Waals surface area contributed by atoms with Crippen molar-refractivity contribution in [3.05, 3.63) is 65.1 Å². The fourth-order valence-corrected chi connectivity index (χ4v) is 5.26. The SMILES string of the molecule is CCn1nc(C)cc1C(=O)Nc1nc2cc(C(N)=O)cnc2n1C/C=C/Cn1c(NC)nc2cc(C(N)=O)cc(OCCCC(=O)OC)c21. The number of pyridine rings is 1. The second-order valence-corrected chi connectivity index (χ2v) is 10.9. The average Bonchev–Trinajstić information content (AvgIpc) is 3.76. The Bertz CT molecular complexity index is 2090. The summed E-state index contributed by atoms with van der Waals surface area (Å²) < 4.78 is 15.9. The molecule has 6 N–H and O–H groups in total. The number of hydrogen-bond acceptors (Lipinski definition) is 11. The summed E-state index contributed by atoms with van der Waals surface area (Å²) in [6.07, 6.45) is 5.67. The van der Waals surface area contributed by atoms with Crippen LogP contribution in [0.3, 0.4) is 0 Å². The molecule has 49 heavy (non-hydrogen) atoms. The first-order valence-electron chi connectivity index (χ1n) is 15.4. The number of aromatic nitrogens is 7. The van der Waals surface area contributed by atoms with Crippen LogP contribution < -0.4 is 26.8 Å². The second-order valence-electron chi connectivity index (χ2n) is 10.9. The minimum atomic E-state index is -0.653. The molecule has 0 fully saturated rings. The van der Waals surface area contributed by atoms with Gasteiger partial charge >= 0.3 is 5.97 Å². The van der Waals surface area contributed by atoms with E-state index in [0.29, 0.717) is 64.8 Å². The summed E-state index contributed by atoms with van der Waals surface area (Å²) in [5, 5.41) is 10.3. The Labute approximate surface area is 280 Å². The molecule has 0 spiro atoms. The van der Waals surface area contributed by atoms with Crippen molar-refractivity contribution in [2.24, 2.45) is 11.5 Å². The Kier molecular flexibility index (Phi) is 10.2. The van der Waals surface area contributed by atoms with Gasteiger partial charge in [-0.25, -0.2) is 15.0 Å². The number of hydrogen-bond donors (Lipinski definition) is 4. The van der Waals surface area contributed by atoms with Crippen LogP contribution in [0.5, 0.6) is 5.75 Å². The minimum absolute atomic E-state index is 0.171. The summed E-state index contributed by atoms with van der Waals surface area (Å²) in [4.78, 5) is 62.4. The zero-order chi connectivity index (χ0) is 35.2. The number of aryl methyl sites for hydroxylation is 2. The third-order valence-corrected chi connectivity index (χ3v) is 7.60. The molecule has 0 saturated heterocycles. The number of benzene rings is 1. The van der Waals surface area contributed by atoms with Crippen LogP contribution in [-0.2, 0) is 29.2 Å². The molecule has 5 rings (SSSR count). The summed E-state index contributed by atoms with van der Waals surface area (Å²) in [5.41, 5.74) is 14.4. The molecule has 0 bridgehead atoms. The van der Waals surface area contributed by atoms with Gasteiger partial charge in [-0.15, -0.1) is 0 Å². The fourth-order valence-electron chi connectivity index (χ4n) is 5.26. The predicted octanol–water partition coefficient (Wildman–Crippen LogP) is 2.39. The van der Waals surface area contributed by atoms with Crippen molar-refractivity contribution in [3.63, 3.8) is 0 Å². The summed E-state index contributed by atoms with van der Waals surface area (Å²) in [7, 11) is 3.04. The standard InChI is InChI=1S/C32H37N11O6/c1-5-43-23(13-18(2)40-43)30(47)39-32-38-22-15-20(28(34)46)17-36-29(22)42(32)11-7-6-10-41-26-21(37-31(41)35-3)14-19(27(33)45)16-24(26)49-12-8-9-25(44)48-4/h6-7,13-17H,5,8-12H2,1-4H3,(H2,33,45)(H2,34,46)(H,35,37)(H,38,39,47)/b7-6+. The molecule has 4 heterocycles. The number of ether oxygens (including phenoxy) is 2. The maximum absolute atomic E-state index is 13.3. The van der Waals surface area contributed by atoms with Crippen LogP contribution in [0, 0.1) is 6.92 Å². The number of anilines is 2. The molecule has 0 radical (unpaired) electrons. The summed E-state index contributed by atoms with van der Waals surface area (Å²) in [6.45, 7) is 4.94. The number of rotatable bonds is 15. The topological polar surface area (TPSA) is 229 Å². The fraction of sp³-hybridized carbons (Fsp3) is 0.312. The van der Waals surface area contributed by atoms with Crippen molar-refractivity contribution in [1.82, 2.24) is 33.9 Å². The van der Waals surface area contributed by atoms with E-state index >= 15 is 0 Å². The Balaban J connectivity index is 1.45. The first kappa shape index (κ1) is 34.1. The van der Waals surface area contributed by atoms with Crippen molar-refractivity contribution >= 4 is 57.8 Å². The monoisotopic (exact) mass is 671 g/mol. The normalized spacial score (nSPS) is 11.3. The second kappa shape index (κ2) is 14.7. The lowest BCUT2D eigenvalue weighted by Gasteiger charge is -2.12. The van der Waals surface area contributed by atoms with E-state index in [1.54, 1.807) is 41.4 Å². The van der Waals surface area contributed by atoms with Crippen LogP contribution in [0.4, 0.5) is 11.9 Å². The largest absolute Gasteiger partial charge is 0.491 e. The Morgan fingerprint density at radius 3 is 2.31 bits per heavy atom. The van der Waals surface area contributed by atoms with Crippen molar-refractivity contribution < 1.29 is 28.7 Å². The first-order chi connectivity index (χ1) is 23.5. The molecule has 4 aromatic heterocycles. The molecule has 1 aromatic carbocycles. The van der Waals surface area contributed by atoms with E-state index in [9.17, 15) is 19.2 Å². The number of carbonyl (C=O) groups is 4. The van der Waals surface area contributed by atoms with E-state index in [1.807, 2.05) is 23.6 Å². The summed E-state index contributed by atoms with van der Waals surface area (Å²) in [5.74, 6) is -0.957. The molecule has 0 unspecified atom stereocenters. The third-order valence-electron chi connectivity index (χ3n) is 7.60. The lowest BCUT2D eigenvalue weighted by atomic mass is 10.1. The molecule has 0 saturated carbocycles. The van der Waals surface area contributed by atoms with Crippen LogP contribution >= 0.6 is 0 Å². The number of fused-ring (bicyclic) bond motifs is 2. The van der Waals surface area contributed by atoms with E-state index in [-0.39, 0.29) is 42.6 Å². The highest BCUT2D eigenvalue weighted by molar-refractivity contribution is 6.03. The number of primary amides is 2. The Morgan fingerprint density at radius 1 is 0.939 bits per heavy atom. The van der Waals surface area contributed by atoms with Gasteiger partial charge in [-0.3, -0.25) is 33.7 Å². The number of nitrogens with one attached hydrogen (secondary N) is 2. The van der Waals surface area contributed by atoms with Gasteiger partial charge in [-0.1, -0.05) is 12.2 Å². The molecule has 5 aromatic rings. The van der Waals surface area contributed by atoms with Crippen molar-refractivity contribution in [2.75, 3.05) is 31.4 Å². The summed E-state index contributed by atoms with van der Waals surface area (Å²) >= 11 is 0. The van der Waals surface area contributed by atoms with Gasteiger partial charge in [0.25, 0.3) is 5.91 Å². The number of nitrogens with zero attached hydrogens (tertiary/aromatic N) is 7. The number of esters is 1. The van der Waals surface area contributed by atoms with Crippen LogP contribution in [0.15, 0.2) is 42.6 Å². The molecule has 0 aliphatic carbocycles. The highest BCUT2D eigenvalue weighted by atomic mass is 16.5. The zero-order valence-corrected chi connectivity index (χ0v) is 27.5. The minimum Gasteiger partial charge on any atom is -0.491 e. The third kappa shape index (κ3) is 7.34. The smallest absolute Gasteiger partial charge is 0.305 e. The van der Waals surface area contributed by atoms with Crippen LogP contribution in [0.1, 0.15) is 56.7 Å². The van der Waals surface area contributed by atoms with Crippen LogP contribution in [0.2, 0.25) is 0 Å². The molecule has 17 heteroatoms. The molecule has 0 aliphatic heterocycles. The zero-order valence-electron chi connectivity index (χ0n) is 27.5. The molecule has 0 atom stereocenters. The number of nitrogens with two attached hydrogens (primary N) is 2. The van der Waals surface area contributed by atoms with E-state index in [1.165, 1.54) is 19.4 Å². The molecule has 0 aliphatic rings. The Morgan fingerprint density at radius 2 is 1.63 bits per heavy atom. The quantitative estimate of drug-likeness (QED) is 0.0717. The highest BCUT2D eigenvalue weighted by Gasteiger charge is 2.20. The molecular weight excluding hydrogens is 634 g/mol. The number of carbonyl (C=O) groups excluding carboxylic acids is 4. The maximum Gasteiger partial charge on any atom is 0.305 e. The maximum atomic E-state index is 13.3. The van der Waals surface area contributed by atoms with Crippen LogP contribution in [0.25, 0.3) is 22.2 Å². The van der Waals surface area contributed by atoms with E-state index in [4.69, 9.17) is 20.9 Å². The van der Waals surface area contributed by atoms with Crippen LogP contribution in [-0.4, -0.2) is 78.3 Å². The number of allylic oxidation sites excluding steroid dienone is 2. The van der Waals surface area contributed by atoms with Gasteiger partial charge in [-0.2, -0.15) is 5.10 Å². The summed E-state index contributed by atoms with van der Waals surface area (Å²) in [6, 6.07) is 6.34. The lowest BCUT2D eigenvalue weighted by Crippen LogP contribution is -2.20. The van der Waals surface area contributed by atoms with Gasteiger partial charge in [0.1, 0.15) is 22.5 Å². The average molecular weight is 672 g/mol. The molecular formula is C32H37N11O6. The van der Waals surface area contributed by atoms with Crippen molar-refractivity contribution in [1.29, 1.82) is 0 Å². The number of methoxy groups -OCH3 is 1. The van der Waals surface area contributed by atoms with Gasteiger partial charge < -0.3 is 30.8 Å². The molecule has 256 valence electrons. The number of amides is 3. The predicted molar refractivity (Wildman–Crippen MR) is 180 cm³/mol. The van der Waals surface area contributed by atoms with Crippen molar-refractivity contribution in [3.8, 4) is 5.75 Å². The first-order valence-corrected chi connectivity index (χ1v) is 15.4. The van der Waals surface area contributed by atoms with E-state index in [0.717, 1.165) is 0 Å². The molecule has 3 amide bonds. The molecule has 17 nitrogen and oxygen atoms in total. The van der Waals surface area contributed by atoms with E-state index < -0.39 is 17.7 Å². The van der Waals surface area contributed by atoms with Gasteiger partial charge in [0.05, 0.1) is 30.5 Å². The van der Waals surface area contributed by atoms with E-state index in [2.05, 4.69) is 30.7 Å². The Hall–Kier alpha value is -6.26. The van der Waals surface area contributed by atoms with Gasteiger partial charge in [-0.05, 0) is 44.5 Å².